The predicted octanol–water partition coefficient (Wildman–Crippen LogP) is 1.21. The van der Waals surface area contributed by atoms with Gasteiger partial charge in [-0.25, -0.2) is 0 Å². The molecule has 1 aromatic carbocycles. The summed E-state index contributed by atoms with van der Waals surface area (Å²) in [6.45, 7) is 0. The molecular weight excluding hydrogens is 208 g/mol. The molecule has 15 heavy (non-hydrogen) atoms. The van der Waals surface area contributed by atoms with Crippen molar-refractivity contribution in [2.75, 3.05) is 0 Å². The van der Waals surface area contributed by atoms with Gasteiger partial charge in [-0.2, -0.15) is 0 Å². The third kappa shape index (κ3) is 3.91. The van der Waals surface area contributed by atoms with E-state index in [4.69, 9.17) is 23.7 Å². The van der Waals surface area contributed by atoms with Gasteiger partial charge in [0.25, 0.3) is 0 Å². The van der Waals surface area contributed by atoms with Crippen molar-refractivity contribution < 1.29 is 4.79 Å². The van der Waals surface area contributed by atoms with E-state index in [-0.39, 0.29) is 12.3 Å². The second kappa shape index (κ2) is 5.26. The lowest BCUT2D eigenvalue weighted by molar-refractivity contribution is -0.117. The van der Waals surface area contributed by atoms with Crippen LogP contribution in [0.1, 0.15) is 17.5 Å². The van der Waals surface area contributed by atoms with Crippen molar-refractivity contribution in [2.24, 2.45) is 11.5 Å². The molecule has 0 heterocycles. The van der Waals surface area contributed by atoms with Crippen LogP contribution in [0.25, 0.3) is 6.08 Å². The number of carbonyl (C=O) groups excluding carboxylic acids is 1. The molecular formula is C11H12N2OS. The first-order valence-corrected chi connectivity index (χ1v) is 4.85. The van der Waals surface area contributed by atoms with Gasteiger partial charge in [0.1, 0.15) is 4.99 Å². The average molecular weight is 220 g/mol. The largest absolute Gasteiger partial charge is 0.389 e. The molecule has 1 rings (SSSR count). The van der Waals surface area contributed by atoms with Crippen LogP contribution in [0.15, 0.2) is 30.3 Å². The summed E-state index contributed by atoms with van der Waals surface area (Å²) in [4.78, 5) is 10.9. The zero-order chi connectivity index (χ0) is 11.3. The predicted molar refractivity (Wildman–Crippen MR) is 65.2 cm³/mol. The van der Waals surface area contributed by atoms with E-state index in [9.17, 15) is 4.79 Å². The van der Waals surface area contributed by atoms with Crippen LogP contribution in [-0.4, -0.2) is 10.9 Å². The van der Waals surface area contributed by atoms with E-state index in [1.165, 1.54) is 0 Å². The maximum atomic E-state index is 10.5. The zero-order valence-corrected chi connectivity index (χ0v) is 8.96. The third-order valence-corrected chi connectivity index (χ3v) is 2.04. The van der Waals surface area contributed by atoms with Crippen molar-refractivity contribution in [1.29, 1.82) is 0 Å². The van der Waals surface area contributed by atoms with Crippen LogP contribution in [0.4, 0.5) is 0 Å². The van der Waals surface area contributed by atoms with Crippen molar-refractivity contribution in [1.82, 2.24) is 0 Å². The zero-order valence-electron chi connectivity index (χ0n) is 8.14. The molecule has 4 N–H and O–H groups in total. The Kier molecular flexibility index (Phi) is 4.00. The molecule has 4 heteroatoms. The number of carbonyl (C=O) groups is 1. The minimum Gasteiger partial charge on any atom is -0.389 e. The normalized spacial score (nSPS) is 10.4. The van der Waals surface area contributed by atoms with Gasteiger partial charge in [-0.15, -0.1) is 0 Å². The van der Waals surface area contributed by atoms with Gasteiger partial charge in [-0.1, -0.05) is 42.6 Å². The molecule has 3 nitrogen and oxygen atoms in total. The van der Waals surface area contributed by atoms with Gasteiger partial charge in [-0.05, 0) is 11.6 Å². The summed E-state index contributed by atoms with van der Waals surface area (Å²) in [6.07, 6.45) is 3.75. The number of benzene rings is 1. The van der Waals surface area contributed by atoms with Gasteiger partial charge >= 0.3 is 0 Å². The first kappa shape index (κ1) is 11.4. The fourth-order valence-corrected chi connectivity index (χ4v) is 1.23. The highest BCUT2D eigenvalue weighted by molar-refractivity contribution is 7.80. The third-order valence-electron chi connectivity index (χ3n) is 1.80. The van der Waals surface area contributed by atoms with E-state index >= 15 is 0 Å². The summed E-state index contributed by atoms with van der Waals surface area (Å²) in [5, 5.41) is 0. The molecule has 0 aliphatic rings. The number of primary amides is 1. The molecule has 0 saturated heterocycles. The Bertz CT molecular complexity index is 413. The molecule has 0 fully saturated rings. The van der Waals surface area contributed by atoms with E-state index < -0.39 is 0 Å². The summed E-state index contributed by atoms with van der Waals surface area (Å²) in [5.74, 6) is -0.350. The first-order valence-electron chi connectivity index (χ1n) is 4.44. The van der Waals surface area contributed by atoms with Crippen LogP contribution in [0.5, 0.6) is 0 Å². The van der Waals surface area contributed by atoms with Crippen LogP contribution in [0, 0.1) is 0 Å². The second-order valence-corrected chi connectivity index (χ2v) is 3.50. The lowest BCUT2D eigenvalue weighted by Crippen LogP contribution is -2.09. The summed E-state index contributed by atoms with van der Waals surface area (Å²) < 4.78 is 0. The Morgan fingerprint density at radius 2 is 2.13 bits per heavy atom. The molecule has 0 saturated carbocycles. The van der Waals surface area contributed by atoms with Crippen molar-refractivity contribution in [3.63, 3.8) is 0 Å². The van der Waals surface area contributed by atoms with Crippen molar-refractivity contribution in [3.05, 3.63) is 41.5 Å². The lowest BCUT2D eigenvalue weighted by Gasteiger charge is -1.99. The van der Waals surface area contributed by atoms with Crippen LogP contribution in [0.2, 0.25) is 0 Å². The molecule has 0 atom stereocenters. The quantitative estimate of drug-likeness (QED) is 0.749. The minimum atomic E-state index is -0.350. The molecule has 78 valence electrons. The van der Waals surface area contributed by atoms with Gasteiger partial charge in [0.05, 0.1) is 0 Å². The standard InChI is InChI=1S/C11H12N2OS/c12-10(14)6-2-4-8-3-1-5-9(7-8)11(13)15/h1-5,7H,6H2,(H2,12,14)(H2,13,15). The summed E-state index contributed by atoms with van der Waals surface area (Å²) in [7, 11) is 0. The molecule has 1 aromatic rings. The van der Waals surface area contributed by atoms with Crippen molar-refractivity contribution >= 4 is 29.2 Å². The number of hydrogen-bond donors (Lipinski definition) is 2. The lowest BCUT2D eigenvalue weighted by atomic mass is 10.1. The van der Waals surface area contributed by atoms with Gasteiger partial charge < -0.3 is 11.5 Å². The summed E-state index contributed by atoms with van der Waals surface area (Å²) in [5.41, 5.74) is 12.3. The van der Waals surface area contributed by atoms with E-state index in [2.05, 4.69) is 0 Å². The van der Waals surface area contributed by atoms with E-state index in [1.54, 1.807) is 6.08 Å². The minimum absolute atomic E-state index is 0.233. The number of rotatable bonds is 4. The number of nitrogens with two attached hydrogens (primary N) is 2. The number of amides is 1. The second-order valence-electron chi connectivity index (χ2n) is 3.06. The fraction of sp³-hybridized carbons (Fsp3) is 0.0909. The van der Waals surface area contributed by atoms with E-state index in [0.29, 0.717) is 4.99 Å². The monoisotopic (exact) mass is 220 g/mol. The van der Waals surface area contributed by atoms with Gasteiger partial charge in [0, 0.05) is 12.0 Å². The Labute approximate surface area is 93.8 Å². The molecule has 0 bridgehead atoms. The van der Waals surface area contributed by atoms with Crippen molar-refractivity contribution in [3.8, 4) is 0 Å². The summed E-state index contributed by atoms with van der Waals surface area (Å²) >= 11 is 4.86. The number of thiocarbonyl (C=S) groups is 1. The molecule has 1 amide bonds. The van der Waals surface area contributed by atoms with Crippen LogP contribution < -0.4 is 11.5 Å². The number of hydrogen-bond acceptors (Lipinski definition) is 2. The average Bonchev–Trinajstić information content (AvgIpc) is 2.17. The molecule has 0 unspecified atom stereocenters. The molecule has 0 spiro atoms. The maximum absolute atomic E-state index is 10.5. The van der Waals surface area contributed by atoms with Crippen molar-refractivity contribution in [2.45, 2.75) is 6.42 Å². The SMILES string of the molecule is NC(=O)CC=Cc1cccc(C(N)=S)c1. The first-order chi connectivity index (χ1) is 7.09. The van der Waals surface area contributed by atoms with Gasteiger partial charge in [-0.3, -0.25) is 4.79 Å². The molecule has 0 radical (unpaired) electrons. The fourth-order valence-electron chi connectivity index (χ4n) is 1.11. The molecule has 0 aliphatic heterocycles. The highest BCUT2D eigenvalue weighted by atomic mass is 32.1. The summed E-state index contributed by atoms with van der Waals surface area (Å²) in [6, 6.07) is 7.46. The highest BCUT2D eigenvalue weighted by Crippen LogP contribution is 2.07. The molecule has 0 aromatic heterocycles. The Hall–Kier alpha value is -1.68. The Morgan fingerprint density at radius 1 is 1.40 bits per heavy atom. The Morgan fingerprint density at radius 3 is 2.73 bits per heavy atom. The van der Waals surface area contributed by atoms with E-state index in [0.717, 1.165) is 11.1 Å². The van der Waals surface area contributed by atoms with Crippen LogP contribution in [0.3, 0.4) is 0 Å². The molecule has 0 aliphatic carbocycles. The van der Waals surface area contributed by atoms with Gasteiger partial charge in [0.15, 0.2) is 0 Å². The van der Waals surface area contributed by atoms with E-state index in [1.807, 2.05) is 30.3 Å². The van der Waals surface area contributed by atoms with Gasteiger partial charge in [0.2, 0.25) is 5.91 Å². The van der Waals surface area contributed by atoms with Crippen LogP contribution in [-0.2, 0) is 4.79 Å². The van der Waals surface area contributed by atoms with Crippen LogP contribution >= 0.6 is 12.2 Å². The maximum Gasteiger partial charge on any atom is 0.221 e. The Balaban J connectivity index is 2.78. The smallest absolute Gasteiger partial charge is 0.221 e. The highest BCUT2D eigenvalue weighted by Gasteiger charge is 1.95. The topological polar surface area (TPSA) is 69.1 Å².